The van der Waals surface area contributed by atoms with Gasteiger partial charge in [0.2, 0.25) is 0 Å². The molecule has 2 aromatic rings. The summed E-state index contributed by atoms with van der Waals surface area (Å²) in [5.74, 6) is -0.268. The normalized spacial score (nSPS) is 14.1. The molecule has 0 amide bonds. The van der Waals surface area contributed by atoms with Crippen LogP contribution in [-0.2, 0) is 25.6 Å². The van der Waals surface area contributed by atoms with Crippen LogP contribution in [0.25, 0.3) is 0 Å². The van der Waals surface area contributed by atoms with E-state index in [0.717, 1.165) is 38.4 Å². The van der Waals surface area contributed by atoms with Crippen LogP contribution in [0.15, 0.2) is 48.5 Å². The molecule has 1 saturated heterocycles. The van der Waals surface area contributed by atoms with Crippen molar-refractivity contribution in [3.05, 3.63) is 54.1 Å². The van der Waals surface area contributed by atoms with Crippen LogP contribution in [0.5, 0.6) is 11.5 Å². The van der Waals surface area contributed by atoms with E-state index in [1.165, 1.54) is 19.8 Å². The second-order valence-corrected chi connectivity index (χ2v) is 7.11. The van der Waals surface area contributed by atoms with Crippen molar-refractivity contribution in [2.45, 2.75) is 6.54 Å². The molecule has 0 unspecified atom stereocenters. The van der Waals surface area contributed by atoms with Crippen molar-refractivity contribution < 1.29 is 28.5 Å². The molecule has 0 spiro atoms. The standard InChI is InChI=1S/C23H28N2O6/c1-28-22(26)16-30-20-9-8-19(14-21(20)31-17-23(27)29-2)25-12-10-24(11-13-25)15-18-6-4-3-5-7-18/h3-9,14H,10-13,15-17H2,1-2H3. The summed E-state index contributed by atoms with van der Waals surface area (Å²) in [6, 6.07) is 15.9. The molecule has 8 heteroatoms. The summed E-state index contributed by atoms with van der Waals surface area (Å²) in [5.41, 5.74) is 2.27. The van der Waals surface area contributed by atoms with Crippen LogP contribution in [-0.4, -0.2) is 70.5 Å². The van der Waals surface area contributed by atoms with E-state index >= 15 is 0 Å². The minimum absolute atomic E-state index is 0.247. The first-order valence-electron chi connectivity index (χ1n) is 10.1. The number of rotatable bonds is 9. The van der Waals surface area contributed by atoms with E-state index in [2.05, 4.69) is 43.5 Å². The number of benzene rings is 2. The molecule has 166 valence electrons. The third-order valence-electron chi connectivity index (χ3n) is 5.06. The molecule has 0 radical (unpaired) electrons. The van der Waals surface area contributed by atoms with Gasteiger partial charge in [-0.15, -0.1) is 0 Å². The smallest absolute Gasteiger partial charge is 0.343 e. The lowest BCUT2D eigenvalue weighted by Crippen LogP contribution is -2.45. The lowest BCUT2D eigenvalue weighted by molar-refractivity contribution is -0.144. The van der Waals surface area contributed by atoms with Crippen LogP contribution in [0.4, 0.5) is 5.69 Å². The average molecular weight is 428 g/mol. The van der Waals surface area contributed by atoms with E-state index in [4.69, 9.17) is 9.47 Å². The molecule has 0 N–H and O–H groups in total. The van der Waals surface area contributed by atoms with Gasteiger partial charge in [-0.1, -0.05) is 30.3 Å². The fourth-order valence-corrected chi connectivity index (χ4v) is 3.32. The molecule has 1 aliphatic rings. The zero-order valence-corrected chi connectivity index (χ0v) is 17.9. The summed E-state index contributed by atoms with van der Waals surface area (Å²) < 4.78 is 20.3. The molecule has 0 aromatic heterocycles. The third kappa shape index (κ3) is 6.62. The maximum Gasteiger partial charge on any atom is 0.343 e. The second-order valence-electron chi connectivity index (χ2n) is 7.11. The zero-order chi connectivity index (χ0) is 22.1. The number of hydrogen-bond donors (Lipinski definition) is 0. The molecule has 1 fully saturated rings. The quantitative estimate of drug-likeness (QED) is 0.562. The second kappa shape index (κ2) is 11.2. The van der Waals surface area contributed by atoms with Gasteiger partial charge in [-0.3, -0.25) is 4.90 Å². The molecular weight excluding hydrogens is 400 g/mol. The first-order valence-corrected chi connectivity index (χ1v) is 10.1. The highest BCUT2D eigenvalue weighted by Crippen LogP contribution is 2.32. The van der Waals surface area contributed by atoms with Gasteiger partial charge < -0.3 is 23.8 Å². The molecule has 0 aliphatic carbocycles. The highest BCUT2D eigenvalue weighted by Gasteiger charge is 2.19. The molecule has 0 atom stereocenters. The summed E-state index contributed by atoms with van der Waals surface area (Å²) in [4.78, 5) is 27.6. The molecule has 31 heavy (non-hydrogen) atoms. The number of esters is 2. The van der Waals surface area contributed by atoms with Crippen molar-refractivity contribution in [1.29, 1.82) is 0 Å². The molecule has 1 aliphatic heterocycles. The highest BCUT2D eigenvalue weighted by atomic mass is 16.6. The lowest BCUT2D eigenvalue weighted by Gasteiger charge is -2.36. The van der Waals surface area contributed by atoms with E-state index in [0.29, 0.717) is 11.5 Å². The van der Waals surface area contributed by atoms with Crippen molar-refractivity contribution in [3.63, 3.8) is 0 Å². The van der Waals surface area contributed by atoms with Crippen molar-refractivity contribution in [3.8, 4) is 11.5 Å². The number of carbonyl (C=O) groups is 2. The Morgan fingerprint density at radius 2 is 1.42 bits per heavy atom. The van der Waals surface area contributed by atoms with Gasteiger partial charge in [0, 0.05) is 44.5 Å². The number of piperazine rings is 1. The van der Waals surface area contributed by atoms with Crippen molar-refractivity contribution in [2.24, 2.45) is 0 Å². The van der Waals surface area contributed by atoms with Crippen molar-refractivity contribution in [2.75, 3.05) is 58.5 Å². The zero-order valence-electron chi connectivity index (χ0n) is 17.9. The predicted octanol–water partition coefficient (Wildman–Crippen LogP) is 2.11. The largest absolute Gasteiger partial charge is 0.478 e. The molecule has 2 aromatic carbocycles. The first-order chi connectivity index (χ1) is 15.1. The minimum atomic E-state index is -0.502. The number of hydrogen-bond acceptors (Lipinski definition) is 8. The fourth-order valence-electron chi connectivity index (χ4n) is 3.32. The Hall–Kier alpha value is -3.26. The Kier molecular flexibility index (Phi) is 8.12. The monoisotopic (exact) mass is 428 g/mol. The van der Waals surface area contributed by atoms with Gasteiger partial charge in [0.1, 0.15) is 0 Å². The van der Waals surface area contributed by atoms with Gasteiger partial charge in [0.25, 0.3) is 0 Å². The third-order valence-corrected chi connectivity index (χ3v) is 5.06. The number of ether oxygens (including phenoxy) is 4. The van der Waals surface area contributed by atoms with E-state index < -0.39 is 11.9 Å². The van der Waals surface area contributed by atoms with Crippen LogP contribution >= 0.6 is 0 Å². The predicted molar refractivity (Wildman–Crippen MR) is 115 cm³/mol. The Bertz CT molecular complexity index is 866. The maximum atomic E-state index is 11.5. The first kappa shape index (κ1) is 22.4. The number of nitrogens with zero attached hydrogens (tertiary/aromatic N) is 2. The molecule has 3 rings (SSSR count). The molecular formula is C23H28N2O6. The fraction of sp³-hybridized carbons (Fsp3) is 0.391. The van der Waals surface area contributed by atoms with Gasteiger partial charge in [0.15, 0.2) is 24.7 Å². The van der Waals surface area contributed by atoms with Crippen molar-refractivity contribution in [1.82, 2.24) is 4.90 Å². The molecule has 1 heterocycles. The Labute approximate surface area is 182 Å². The SMILES string of the molecule is COC(=O)COc1ccc(N2CCN(Cc3ccccc3)CC2)cc1OCC(=O)OC. The highest BCUT2D eigenvalue weighted by molar-refractivity contribution is 5.72. The topological polar surface area (TPSA) is 77.5 Å². The van der Waals surface area contributed by atoms with Gasteiger partial charge >= 0.3 is 11.9 Å². The van der Waals surface area contributed by atoms with Gasteiger partial charge in [-0.05, 0) is 17.7 Å². The van der Waals surface area contributed by atoms with Crippen LogP contribution < -0.4 is 14.4 Å². The number of methoxy groups -OCH3 is 2. The van der Waals surface area contributed by atoms with E-state index in [1.807, 2.05) is 18.2 Å². The Morgan fingerprint density at radius 1 is 0.806 bits per heavy atom. The average Bonchev–Trinajstić information content (AvgIpc) is 2.82. The van der Waals surface area contributed by atoms with E-state index in [9.17, 15) is 9.59 Å². The maximum absolute atomic E-state index is 11.5. The molecule has 0 bridgehead atoms. The summed E-state index contributed by atoms with van der Waals surface area (Å²) in [7, 11) is 2.59. The van der Waals surface area contributed by atoms with Crippen LogP contribution in [0, 0.1) is 0 Å². The summed E-state index contributed by atoms with van der Waals surface area (Å²) in [6.07, 6.45) is 0. The Balaban J connectivity index is 1.64. The number of anilines is 1. The van der Waals surface area contributed by atoms with Crippen molar-refractivity contribution >= 4 is 17.6 Å². The van der Waals surface area contributed by atoms with Gasteiger partial charge in [-0.2, -0.15) is 0 Å². The molecule has 0 saturated carbocycles. The van der Waals surface area contributed by atoms with Gasteiger partial charge in [-0.25, -0.2) is 9.59 Å². The van der Waals surface area contributed by atoms with E-state index in [-0.39, 0.29) is 13.2 Å². The number of carbonyl (C=O) groups excluding carboxylic acids is 2. The Morgan fingerprint density at radius 3 is 2.03 bits per heavy atom. The van der Waals surface area contributed by atoms with E-state index in [1.54, 1.807) is 6.07 Å². The van der Waals surface area contributed by atoms with Crippen LogP contribution in [0.1, 0.15) is 5.56 Å². The summed E-state index contributed by atoms with van der Waals surface area (Å²) in [5, 5.41) is 0. The van der Waals surface area contributed by atoms with Gasteiger partial charge in [0.05, 0.1) is 14.2 Å². The van der Waals surface area contributed by atoms with Crippen LogP contribution in [0.3, 0.4) is 0 Å². The summed E-state index contributed by atoms with van der Waals surface area (Å²) >= 11 is 0. The minimum Gasteiger partial charge on any atom is -0.478 e. The lowest BCUT2D eigenvalue weighted by atomic mass is 10.2. The van der Waals surface area contributed by atoms with Crippen LogP contribution in [0.2, 0.25) is 0 Å². The summed E-state index contributed by atoms with van der Waals surface area (Å²) in [6.45, 7) is 4.05. The molecule has 8 nitrogen and oxygen atoms in total.